The van der Waals surface area contributed by atoms with Gasteiger partial charge in [-0.25, -0.2) is 9.97 Å². The van der Waals surface area contributed by atoms with Gasteiger partial charge in [0, 0.05) is 24.6 Å². The lowest BCUT2D eigenvalue weighted by molar-refractivity contribution is 0.181. The van der Waals surface area contributed by atoms with Gasteiger partial charge in [0.1, 0.15) is 5.82 Å². The molecule has 0 spiro atoms. The largest absolute Gasteiger partial charge is 0.383 e. The summed E-state index contributed by atoms with van der Waals surface area (Å²) in [4.78, 5) is 8.61. The number of methoxy groups -OCH3 is 1. The molecule has 0 amide bonds. The molecule has 2 aromatic rings. The highest BCUT2D eigenvalue weighted by Crippen LogP contribution is 2.12. The van der Waals surface area contributed by atoms with Crippen LogP contribution in [0.1, 0.15) is 17.1 Å². The Morgan fingerprint density at radius 3 is 2.47 bits per heavy atom. The van der Waals surface area contributed by atoms with Crippen molar-refractivity contribution in [3.8, 4) is 5.95 Å². The van der Waals surface area contributed by atoms with Crippen LogP contribution in [0.25, 0.3) is 5.95 Å². The first kappa shape index (κ1) is 11.5. The third-order valence-corrected chi connectivity index (χ3v) is 2.24. The van der Waals surface area contributed by atoms with Gasteiger partial charge in [0.15, 0.2) is 0 Å². The number of anilines is 1. The van der Waals surface area contributed by atoms with Gasteiger partial charge in [-0.2, -0.15) is 9.78 Å². The van der Waals surface area contributed by atoms with Crippen molar-refractivity contribution in [2.24, 2.45) is 0 Å². The predicted octanol–water partition coefficient (Wildman–Crippen LogP) is 1.01. The first-order valence-electron chi connectivity index (χ1n) is 5.26. The number of aryl methyl sites for hydroxylation is 2. The van der Waals surface area contributed by atoms with Crippen molar-refractivity contribution in [1.82, 2.24) is 19.7 Å². The van der Waals surface area contributed by atoms with E-state index < -0.39 is 0 Å². The standard InChI is InChI=1S/C11H15N5O/c1-7-4-8(2)14-11(13-7)16-10(12)5-9(15-16)6-17-3/h4-5H,6,12H2,1-3H3. The van der Waals surface area contributed by atoms with E-state index in [4.69, 9.17) is 10.5 Å². The van der Waals surface area contributed by atoms with Gasteiger partial charge in [-0.1, -0.05) is 0 Å². The topological polar surface area (TPSA) is 78.9 Å². The minimum Gasteiger partial charge on any atom is -0.383 e. The quantitative estimate of drug-likeness (QED) is 0.855. The van der Waals surface area contributed by atoms with Crippen molar-refractivity contribution >= 4 is 5.82 Å². The summed E-state index contributed by atoms with van der Waals surface area (Å²) in [5, 5.41) is 4.29. The molecule has 0 unspecified atom stereocenters. The maximum atomic E-state index is 5.87. The van der Waals surface area contributed by atoms with E-state index in [1.54, 1.807) is 13.2 Å². The SMILES string of the molecule is COCc1cc(N)n(-c2nc(C)cc(C)n2)n1. The Bertz CT molecular complexity index is 514. The molecular weight excluding hydrogens is 218 g/mol. The number of rotatable bonds is 3. The molecule has 0 radical (unpaired) electrons. The number of hydrogen-bond donors (Lipinski definition) is 1. The number of ether oxygens (including phenoxy) is 1. The van der Waals surface area contributed by atoms with Crippen LogP contribution >= 0.6 is 0 Å². The Morgan fingerprint density at radius 2 is 1.88 bits per heavy atom. The number of aromatic nitrogens is 4. The third-order valence-electron chi connectivity index (χ3n) is 2.24. The minimum atomic E-state index is 0.419. The second kappa shape index (κ2) is 4.50. The second-order valence-corrected chi connectivity index (χ2v) is 3.86. The third kappa shape index (κ3) is 2.42. The molecule has 6 nitrogen and oxygen atoms in total. The molecule has 0 fully saturated rings. The average Bonchev–Trinajstić information content (AvgIpc) is 2.58. The molecule has 0 atom stereocenters. The summed E-state index contributed by atoms with van der Waals surface area (Å²) in [5.74, 6) is 0.990. The molecule has 0 bridgehead atoms. The van der Waals surface area contributed by atoms with Gasteiger partial charge in [0.2, 0.25) is 0 Å². The lowest BCUT2D eigenvalue weighted by Gasteiger charge is -2.04. The van der Waals surface area contributed by atoms with Gasteiger partial charge >= 0.3 is 0 Å². The Kier molecular flexibility index (Phi) is 3.06. The van der Waals surface area contributed by atoms with Crippen molar-refractivity contribution in [2.45, 2.75) is 20.5 Å². The molecule has 0 aliphatic carbocycles. The lowest BCUT2D eigenvalue weighted by atomic mass is 10.4. The predicted molar refractivity (Wildman–Crippen MR) is 63.8 cm³/mol. The Morgan fingerprint density at radius 1 is 1.24 bits per heavy atom. The van der Waals surface area contributed by atoms with Gasteiger partial charge in [-0.05, 0) is 19.9 Å². The van der Waals surface area contributed by atoms with E-state index in [9.17, 15) is 0 Å². The molecule has 17 heavy (non-hydrogen) atoms. The van der Waals surface area contributed by atoms with E-state index in [-0.39, 0.29) is 0 Å². The Labute approximate surface area is 99.4 Å². The van der Waals surface area contributed by atoms with Crippen molar-refractivity contribution < 1.29 is 4.74 Å². The van der Waals surface area contributed by atoms with E-state index in [2.05, 4.69) is 15.1 Å². The van der Waals surface area contributed by atoms with Crippen LogP contribution in [-0.4, -0.2) is 26.9 Å². The van der Waals surface area contributed by atoms with Crippen LogP contribution in [0.2, 0.25) is 0 Å². The molecule has 90 valence electrons. The average molecular weight is 233 g/mol. The van der Waals surface area contributed by atoms with E-state index in [1.807, 2.05) is 19.9 Å². The number of nitrogen functional groups attached to an aromatic ring is 1. The van der Waals surface area contributed by atoms with Crippen molar-refractivity contribution in [3.05, 3.63) is 29.2 Å². The van der Waals surface area contributed by atoms with Gasteiger partial charge in [-0.3, -0.25) is 0 Å². The van der Waals surface area contributed by atoms with Crippen molar-refractivity contribution in [2.75, 3.05) is 12.8 Å². The number of nitrogens with two attached hydrogens (primary N) is 1. The Hall–Kier alpha value is -1.95. The molecular formula is C11H15N5O. The van der Waals surface area contributed by atoms with Crippen LogP contribution in [0.3, 0.4) is 0 Å². The van der Waals surface area contributed by atoms with Crippen molar-refractivity contribution in [3.63, 3.8) is 0 Å². The van der Waals surface area contributed by atoms with Crippen molar-refractivity contribution in [1.29, 1.82) is 0 Å². The molecule has 0 aliphatic rings. The van der Waals surface area contributed by atoms with E-state index in [0.29, 0.717) is 18.4 Å². The molecule has 0 saturated carbocycles. The van der Waals surface area contributed by atoms with Gasteiger partial charge in [0.25, 0.3) is 5.95 Å². The zero-order valence-electron chi connectivity index (χ0n) is 10.1. The van der Waals surface area contributed by atoms with Gasteiger partial charge in [-0.15, -0.1) is 0 Å². The highest BCUT2D eigenvalue weighted by atomic mass is 16.5. The van der Waals surface area contributed by atoms with Crippen LogP contribution in [0.15, 0.2) is 12.1 Å². The maximum absolute atomic E-state index is 5.87. The molecule has 2 N–H and O–H groups in total. The molecule has 0 aromatic carbocycles. The number of nitrogens with zero attached hydrogens (tertiary/aromatic N) is 4. The smallest absolute Gasteiger partial charge is 0.252 e. The van der Waals surface area contributed by atoms with Crippen LogP contribution in [0.4, 0.5) is 5.82 Å². The van der Waals surface area contributed by atoms with Crippen LogP contribution < -0.4 is 5.73 Å². The molecule has 6 heteroatoms. The fourth-order valence-corrected chi connectivity index (χ4v) is 1.63. The van der Waals surface area contributed by atoms with E-state index in [0.717, 1.165) is 17.1 Å². The second-order valence-electron chi connectivity index (χ2n) is 3.86. The van der Waals surface area contributed by atoms with E-state index >= 15 is 0 Å². The normalized spacial score (nSPS) is 10.8. The van der Waals surface area contributed by atoms with Crippen LogP contribution in [0.5, 0.6) is 0 Å². The fraction of sp³-hybridized carbons (Fsp3) is 0.364. The van der Waals surface area contributed by atoms with Crippen LogP contribution in [0, 0.1) is 13.8 Å². The molecule has 0 aliphatic heterocycles. The zero-order valence-corrected chi connectivity index (χ0v) is 10.1. The summed E-state index contributed by atoms with van der Waals surface area (Å²) in [7, 11) is 1.61. The lowest BCUT2D eigenvalue weighted by Crippen LogP contribution is -2.08. The highest BCUT2D eigenvalue weighted by Gasteiger charge is 2.09. The minimum absolute atomic E-state index is 0.419. The summed E-state index contributed by atoms with van der Waals surface area (Å²) in [6, 6.07) is 3.66. The highest BCUT2D eigenvalue weighted by molar-refractivity contribution is 5.37. The summed E-state index contributed by atoms with van der Waals surface area (Å²) in [5.41, 5.74) is 8.40. The summed E-state index contributed by atoms with van der Waals surface area (Å²) >= 11 is 0. The summed E-state index contributed by atoms with van der Waals surface area (Å²) in [6.07, 6.45) is 0. The van der Waals surface area contributed by atoms with Gasteiger partial charge < -0.3 is 10.5 Å². The monoisotopic (exact) mass is 233 g/mol. The zero-order chi connectivity index (χ0) is 12.4. The van der Waals surface area contributed by atoms with Crippen LogP contribution in [-0.2, 0) is 11.3 Å². The molecule has 0 saturated heterocycles. The van der Waals surface area contributed by atoms with Gasteiger partial charge in [0.05, 0.1) is 12.3 Å². The molecule has 2 aromatic heterocycles. The maximum Gasteiger partial charge on any atom is 0.252 e. The summed E-state index contributed by atoms with van der Waals surface area (Å²) < 4.78 is 6.53. The van der Waals surface area contributed by atoms with E-state index in [1.165, 1.54) is 4.68 Å². The summed E-state index contributed by atoms with van der Waals surface area (Å²) in [6.45, 7) is 4.24. The first-order chi connectivity index (χ1) is 8.10. The molecule has 2 heterocycles. The molecule has 2 rings (SSSR count). The first-order valence-corrected chi connectivity index (χ1v) is 5.26. The fourth-order valence-electron chi connectivity index (χ4n) is 1.63. The Balaban J connectivity index is 2.44. The number of hydrogen-bond acceptors (Lipinski definition) is 5.